The Morgan fingerprint density at radius 1 is 0.625 bits per heavy atom. The fraction of sp³-hybridized carbons (Fsp3) is 0. The van der Waals surface area contributed by atoms with Gasteiger partial charge in [-0.2, -0.15) is 0 Å². The fourth-order valence-electron chi connectivity index (χ4n) is 1.63. The summed E-state index contributed by atoms with van der Waals surface area (Å²) < 4.78 is 0. The molecule has 1 radical (unpaired) electrons. The Hall–Kier alpha value is -0.900. The third-order valence-corrected chi connectivity index (χ3v) is 4.96. The first-order valence-electron chi connectivity index (χ1n) is 4.94. The molecule has 0 aliphatic carbocycles. The topological polar surface area (TPSA) is 0 Å². The van der Waals surface area contributed by atoms with Crippen LogP contribution in [0.25, 0.3) is 0 Å². The first-order chi connectivity index (χ1) is 7.95. The fourth-order valence-corrected chi connectivity index (χ4v) is 4.22. The van der Waals surface area contributed by atoms with Crippen LogP contribution < -0.4 is 0 Å². The molecule has 0 spiro atoms. The minimum absolute atomic E-state index is 1.35. The Kier molecular flexibility index (Phi) is 2.91. The normalized spacial score (nSPS) is 11.1. The summed E-state index contributed by atoms with van der Waals surface area (Å²) >= 11 is 5.41. The molecule has 0 fully saturated rings. The maximum atomic E-state index is 2.19. The van der Waals surface area contributed by atoms with Crippen LogP contribution in [0.1, 0.15) is 14.6 Å². The molecule has 3 aromatic rings. The van der Waals surface area contributed by atoms with Crippen LogP contribution in [0.5, 0.6) is 0 Å². The Balaban J connectivity index is 2.09. The number of hydrogen-bond donors (Lipinski definition) is 0. The highest BCUT2D eigenvalue weighted by Crippen LogP contribution is 2.37. The van der Waals surface area contributed by atoms with Crippen LogP contribution >= 0.6 is 34.0 Å². The lowest BCUT2D eigenvalue weighted by Crippen LogP contribution is -1.96. The van der Waals surface area contributed by atoms with Gasteiger partial charge in [-0.3, -0.25) is 0 Å². The summed E-state index contributed by atoms with van der Waals surface area (Å²) in [7, 11) is 0. The Morgan fingerprint density at radius 3 is 1.25 bits per heavy atom. The van der Waals surface area contributed by atoms with Crippen LogP contribution in [0.2, 0.25) is 0 Å². The maximum absolute atomic E-state index is 2.19. The molecule has 79 valence electrons. The third kappa shape index (κ3) is 1.86. The summed E-state index contributed by atoms with van der Waals surface area (Å²) in [4.78, 5) is 4.06. The summed E-state index contributed by atoms with van der Waals surface area (Å²) in [6.45, 7) is 0. The molecular weight excluding hydrogens is 252 g/mol. The molecule has 0 aromatic carbocycles. The van der Waals surface area contributed by atoms with E-state index in [1.54, 1.807) is 34.0 Å². The predicted octanol–water partition coefficient (Wildman–Crippen LogP) is 4.89. The molecule has 0 unspecified atom stereocenters. The van der Waals surface area contributed by atoms with E-state index in [0.717, 1.165) is 0 Å². The molecule has 0 saturated carbocycles. The van der Waals surface area contributed by atoms with Crippen molar-refractivity contribution in [3.05, 3.63) is 73.1 Å². The van der Waals surface area contributed by atoms with Gasteiger partial charge in [0.15, 0.2) is 0 Å². The van der Waals surface area contributed by atoms with Gasteiger partial charge >= 0.3 is 0 Å². The van der Waals surface area contributed by atoms with E-state index in [2.05, 4.69) is 52.5 Å². The van der Waals surface area contributed by atoms with E-state index in [1.165, 1.54) is 20.5 Å². The molecule has 0 aliphatic rings. The second kappa shape index (κ2) is 4.53. The van der Waals surface area contributed by atoms with E-state index < -0.39 is 0 Å². The zero-order chi connectivity index (χ0) is 10.8. The minimum Gasteiger partial charge on any atom is -0.147 e. The van der Waals surface area contributed by atoms with Gasteiger partial charge in [0.2, 0.25) is 0 Å². The van der Waals surface area contributed by atoms with Crippen molar-refractivity contribution in [3.8, 4) is 0 Å². The summed E-state index contributed by atoms with van der Waals surface area (Å²) in [5.41, 5.74) is 0. The van der Waals surface area contributed by atoms with Crippen LogP contribution in [0.4, 0.5) is 0 Å². The average Bonchev–Trinajstić information content (AvgIpc) is 3.02. The summed E-state index contributed by atoms with van der Waals surface area (Å²) in [5.74, 6) is 1.38. The monoisotopic (exact) mass is 261 g/mol. The van der Waals surface area contributed by atoms with Gasteiger partial charge in [0.05, 0.1) is 5.92 Å². The van der Waals surface area contributed by atoms with Gasteiger partial charge in [-0.05, 0) is 34.3 Å². The second-order valence-corrected chi connectivity index (χ2v) is 6.15. The van der Waals surface area contributed by atoms with Crippen molar-refractivity contribution in [1.82, 2.24) is 0 Å². The van der Waals surface area contributed by atoms with Crippen molar-refractivity contribution in [1.29, 1.82) is 0 Å². The highest BCUT2D eigenvalue weighted by molar-refractivity contribution is 7.14. The number of rotatable bonds is 3. The van der Waals surface area contributed by atoms with Crippen molar-refractivity contribution >= 4 is 34.0 Å². The molecule has 16 heavy (non-hydrogen) atoms. The summed E-state index contributed by atoms with van der Waals surface area (Å²) in [6.07, 6.45) is 0. The molecule has 0 amide bonds. The van der Waals surface area contributed by atoms with Crippen LogP contribution in [0.15, 0.2) is 52.5 Å². The van der Waals surface area contributed by atoms with Gasteiger partial charge in [0.25, 0.3) is 0 Å². The maximum Gasteiger partial charge on any atom is 0.0932 e. The molecule has 0 atom stereocenters. The van der Waals surface area contributed by atoms with Crippen molar-refractivity contribution in [2.24, 2.45) is 0 Å². The van der Waals surface area contributed by atoms with Crippen LogP contribution in [-0.2, 0) is 0 Å². The van der Waals surface area contributed by atoms with E-state index in [9.17, 15) is 0 Å². The van der Waals surface area contributed by atoms with E-state index in [4.69, 9.17) is 0 Å². The van der Waals surface area contributed by atoms with Crippen molar-refractivity contribution in [2.75, 3.05) is 0 Å². The Morgan fingerprint density at radius 2 is 1.00 bits per heavy atom. The molecule has 0 bridgehead atoms. The molecule has 0 N–H and O–H groups in total. The van der Waals surface area contributed by atoms with E-state index in [0.29, 0.717) is 0 Å². The second-order valence-electron chi connectivity index (χ2n) is 3.31. The van der Waals surface area contributed by atoms with Crippen LogP contribution in [0, 0.1) is 5.92 Å². The highest BCUT2D eigenvalue weighted by Gasteiger charge is 2.20. The van der Waals surface area contributed by atoms with Gasteiger partial charge in [-0.25, -0.2) is 0 Å². The molecule has 3 rings (SSSR count). The quantitative estimate of drug-likeness (QED) is 0.629. The molecule has 3 heterocycles. The number of hydrogen-bond acceptors (Lipinski definition) is 3. The first-order valence-corrected chi connectivity index (χ1v) is 7.57. The van der Waals surface area contributed by atoms with Crippen LogP contribution in [0.3, 0.4) is 0 Å². The summed E-state index contributed by atoms with van der Waals surface area (Å²) in [6, 6.07) is 12.9. The van der Waals surface area contributed by atoms with Crippen molar-refractivity contribution < 1.29 is 0 Å². The smallest absolute Gasteiger partial charge is 0.0932 e. The van der Waals surface area contributed by atoms with Gasteiger partial charge in [-0.1, -0.05) is 18.2 Å². The number of thiophene rings is 3. The largest absolute Gasteiger partial charge is 0.147 e. The zero-order valence-corrected chi connectivity index (χ0v) is 10.9. The van der Waals surface area contributed by atoms with Crippen molar-refractivity contribution in [2.45, 2.75) is 0 Å². The van der Waals surface area contributed by atoms with Gasteiger partial charge < -0.3 is 0 Å². The SMILES string of the molecule is c1csc([C](c2cccs2)c2cccs2)c1. The first kappa shape index (κ1) is 10.3. The van der Waals surface area contributed by atoms with E-state index >= 15 is 0 Å². The lowest BCUT2D eigenvalue weighted by atomic mass is 10.0. The molecule has 3 heteroatoms. The van der Waals surface area contributed by atoms with Gasteiger partial charge in [-0.15, -0.1) is 34.0 Å². The molecular formula is C13H9S3. The predicted molar refractivity (Wildman–Crippen MR) is 73.5 cm³/mol. The van der Waals surface area contributed by atoms with Crippen LogP contribution in [-0.4, -0.2) is 0 Å². The summed E-state index contributed by atoms with van der Waals surface area (Å²) in [5, 5.41) is 6.41. The Labute approximate surface area is 107 Å². The minimum atomic E-state index is 1.35. The molecule has 0 nitrogen and oxygen atoms in total. The standard InChI is InChI=1S/C13H9S3/c1-4-10(14-7-1)13(11-5-2-8-15-11)12-6-3-9-16-12/h1-9H. The van der Waals surface area contributed by atoms with E-state index in [-0.39, 0.29) is 0 Å². The zero-order valence-electron chi connectivity index (χ0n) is 8.42. The van der Waals surface area contributed by atoms with E-state index in [1.807, 2.05) is 0 Å². The molecule has 3 aromatic heterocycles. The highest BCUT2D eigenvalue weighted by atomic mass is 32.1. The molecule has 0 aliphatic heterocycles. The van der Waals surface area contributed by atoms with Gasteiger partial charge in [0, 0.05) is 14.6 Å². The Bertz CT molecular complexity index is 436. The van der Waals surface area contributed by atoms with Crippen molar-refractivity contribution in [3.63, 3.8) is 0 Å². The molecule has 0 saturated heterocycles. The van der Waals surface area contributed by atoms with Gasteiger partial charge in [0.1, 0.15) is 0 Å². The lowest BCUT2D eigenvalue weighted by molar-refractivity contribution is 1.37. The third-order valence-electron chi connectivity index (χ3n) is 2.30. The average molecular weight is 261 g/mol. The lowest BCUT2D eigenvalue weighted by Gasteiger charge is -2.10.